The van der Waals surface area contributed by atoms with E-state index in [0.29, 0.717) is 17.1 Å². The van der Waals surface area contributed by atoms with Crippen LogP contribution in [0.1, 0.15) is 0 Å². The summed E-state index contributed by atoms with van der Waals surface area (Å²) in [4.78, 5) is 23.8. The second kappa shape index (κ2) is 3.58. The molecule has 78 valence electrons. The maximum atomic E-state index is 11.6. The summed E-state index contributed by atoms with van der Waals surface area (Å²) in [6.45, 7) is 0. The number of hydrogen-bond acceptors (Lipinski definition) is 5. The molecule has 0 aliphatic rings. The average molecular weight is 270 g/mol. The summed E-state index contributed by atoms with van der Waals surface area (Å²) in [7, 11) is 3.36. The summed E-state index contributed by atoms with van der Waals surface area (Å²) in [6, 6.07) is 0. The Balaban J connectivity index is 2.88. The Bertz CT molecular complexity index is 579. The second-order valence-corrected chi connectivity index (χ2v) is 3.67. The second-order valence-electron chi connectivity index (χ2n) is 2.92. The van der Waals surface area contributed by atoms with E-state index in [-0.39, 0.29) is 10.2 Å². The Morgan fingerprint density at radius 1 is 1.47 bits per heavy atom. The highest BCUT2D eigenvalue weighted by Crippen LogP contribution is 2.10. The smallest absolute Gasteiger partial charge is 0.285 e. The number of anilines is 1. The molecule has 0 atom stereocenters. The van der Waals surface area contributed by atoms with E-state index in [1.807, 2.05) is 0 Å². The molecule has 0 aliphatic carbocycles. The monoisotopic (exact) mass is 269 g/mol. The molecular weight excluding hydrogens is 262 g/mol. The maximum absolute atomic E-state index is 11.6. The molecule has 0 saturated heterocycles. The number of rotatable bonds is 1. The topological polar surface area (TPSA) is 72.7 Å². The highest BCUT2D eigenvalue weighted by atomic mass is 79.9. The van der Waals surface area contributed by atoms with E-state index in [4.69, 9.17) is 0 Å². The van der Waals surface area contributed by atoms with Crippen LogP contribution < -0.4 is 10.9 Å². The van der Waals surface area contributed by atoms with Gasteiger partial charge < -0.3 is 5.32 Å². The van der Waals surface area contributed by atoms with Crippen LogP contribution in [0.3, 0.4) is 0 Å². The summed E-state index contributed by atoms with van der Waals surface area (Å²) in [5.41, 5.74) is 0.855. The molecule has 0 amide bonds. The summed E-state index contributed by atoms with van der Waals surface area (Å²) in [6.07, 6.45) is 1.57. The van der Waals surface area contributed by atoms with Crippen molar-refractivity contribution in [1.82, 2.24) is 19.5 Å². The third-order valence-corrected chi connectivity index (χ3v) is 2.51. The van der Waals surface area contributed by atoms with E-state index in [1.165, 1.54) is 4.57 Å². The Kier molecular flexibility index (Phi) is 2.39. The Morgan fingerprint density at radius 3 is 2.87 bits per heavy atom. The lowest BCUT2D eigenvalue weighted by Gasteiger charge is -2.04. The zero-order valence-electron chi connectivity index (χ0n) is 8.15. The largest absolute Gasteiger partial charge is 0.357 e. The van der Waals surface area contributed by atoms with E-state index < -0.39 is 0 Å². The number of aryl methyl sites for hydroxylation is 1. The van der Waals surface area contributed by atoms with Crippen LogP contribution in [0.15, 0.2) is 15.6 Å². The fourth-order valence-corrected chi connectivity index (χ4v) is 1.66. The van der Waals surface area contributed by atoms with Gasteiger partial charge in [-0.25, -0.2) is 9.97 Å². The Labute approximate surface area is 93.5 Å². The van der Waals surface area contributed by atoms with Gasteiger partial charge >= 0.3 is 0 Å². The van der Waals surface area contributed by atoms with Crippen molar-refractivity contribution in [3.05, 3.63) is 21.2 Å². The number of nitrogens with zero attached hydrogens (tertiary/aromatic N) is 4. The van der Waals surface area contributed by atoms with Gasteiger partial charge in [-0.15, -0.1) is 0 Å². The van der Waals surface area contributed by atoms with Crippen molar-refractivity contribution in [2.75, 3.05) is 12.4 Å². The number of hydrogen-bond donors (Lipinski definition) is 1. The van der Waals surface area contributed by atoms with Gasteiger partial charge in [0.15, 0.2) is 10.3 Å². The molecule has 0 bridgehead atoms. The molecule has 0 unspecified atom stereocenters. The molecule has 2 aromatic heterocycles. The molecule has 0 aliphatic heterocycles. The lowest BCUT2D eigenvalue weighted by molar-refractivity contribution is 0.859. The molecule has 2 aromatic rings. The van der Waals surface area contributed by atoms with Crippen molar-refractivity contribution in [2.24, 2.45) is 7.05 Å². The first-order valence-corrected chi connectivity index (χ1v) is 5.00. The van der Waals surface area contributed by atoms with Crippen molar-refractivity contribution in [3.63, 3.8) is 0 Å². The van der Waals surface area contributed by atoms with E-state index in [9.17, 15) is 4.79 Å². The third-order valence-electron chi connectivity index (χ3n) is 1.99. The lowest BCUT2D eigenvalue weighted by atomic mass is 10.5. The summed E-state index contributed by atoms with van der Waals surface area (Å²) in [5, 5.41) is 2.80. The van der Waals surface area contributed by atoms with Gasteiger partial charge in [-0.1, -0.05) is 0 Å². The Morgan fingerprint density at radius 2 is 2.20 bits per heavy atom. The van der Waals surface area contributed by atoms with Crippen LogP contribution in [0.2, 0.25) is 0 Å². The van der Waals surface area contributed by atoms with Gasteiger partial charge in [0.05, 0.1) is 6.20 Å². The quantitative estimate of drug-likeness (QED) is 0.818. The van der Waals surface area contributed by atoms with Gasteiger partial charge in [-0.2, -0.15) is 4.98 Å². The van der Waals surface area contributed by atoms with E-state index in [2.05, 4.69) is 36.2 Å². The summed E-state index contributed by atoms with van der Waals surface area (Å²) < 4.78 is 1.69. The number of aromatic nitrogens is 4. The zero-order valence-corrected chi connectivity index (χ0v) is 9.74. The SMILES string of the molecule is CNc1ncc2nc(Br)c(=O)n(C)c2n1. The van der Waals surface area contributed by atoms with Crippen molar-refractivity contribution < 1.29 is 0 Å². The highest BCUT2D eigenvalue weighted by molar-refractivity contribution is 9.10. The minimum atomic E-state index is -0.219. The molecule has 0 saturated carbocycles. The van der Waals surface area contributed by atoms with E-state index >= 15 is 0 Å². The lowest BCUT2D eigenvalue weighted by Crippen LogP contribution is -2.20. The van der Waals surface area contributed by atoms with Crippen LogP contribution >= 0.6 is 15.9 Å². The average Bonchev–Trinajstić information content (AvgIpc) is 2.26. The van der Waals surface area contributed by atoms with Crippen LogP contribution in [0, 0.1) is 0 Å². The number of nitrogens with one attached hydrogen (secondary N) is 1. The molecule has 0 radical (unpaired) electrons. The van der Waals surface area contributed by atoms with Gasteiger partial charge in [0.25, 0.3) is 5.56 Å². The van der Waals surface area contributed by atoms with Crippen LogP contribution in [0.25, 0.3) is 11.2 Å². The number of halogens is 1. The molecule has 1 N–H and O–H groups in total. The molecule has 0 aromatic carbocycles. The van der Waals surface area contributed by atoms with Crippen LogP contribution in [0.5, 0.6) is 0 Å². The van der Waals surface area contributed by atoms with Gasteiger partial charge in [0, 0.05) is 14.1 Å². The van der Waals surface area contributed by atoms with Crippen molar-refractivity contribution in [1.29, 1.82) is 0 Å². The fraction of sp³-hybridized carbons (Fsp3) is 0.250. The van der Waals surface area contributed by atoms with Gasteiger partial charge in [0.2, 0.25) is 5.95 Å². The molecule has 7 heteroatoms. The van der Waals surface area contributed by atoms with Crippen LogP contribution in [0.4, 0.5) is 5.95 Å². The molecule has 0 spiro atoms. The minimum absolute atomic E-state index is 0.219. The van der Waals surface area contributed by atoms with E-state index in [0.717, 1.165) is 0 Å². The first-order chi connectivity index (χ1) is 7.13. The molecule has 15 heavy (non-hydrogen) atoms. The van der Waals surface area contributed by atoms with Crippen molar-refractivity contribution in [3.8, 4) is 0 Å². The minimum Gasteiger partial charge on any atom is -0.357 e. The van der Waals surface area contributed by atoms with Gasteiger partial charge in [0.1, 0.15) is 5.52 Å². The fourth-order valence-electron chi connectivity index (χ4n) is 1.20. The standard InChI is InChI=1S/C8H8BrN5O/c1-10-8-11-3-4-6(13-8)14(2)7(15)5(9)12-4/h3H,1-2H3,(H,10,11,13). The Hall–Kier alpha value is -1.50. The van der Waals surface area contributed by atoms with Crippen molar-refractivity contribution in [2.45, 2.75) is 0 Å². The molecular formula is C8H8BrN5O. The normalized spacial score (nSPS) is 10.6. The first kappa shape index (κ1) is 10.0. The zero-order chi connectivity index (χ0) is 11.0. The molecule has 2 rings (SSSR count). The van der Waals surface area contributed by atoms with Gasteiger partial charge in [-0.05, 0) is 15.9 Å². The molecule has 2 heterocycles. The molecule has 6 nitrogen and oxygen atoms in total. The van der Waals surface area contributed by atoms with Crippen LogP contribution in [-0.2, 0) is 7.05 Å². The summed E-state index contributed by atoms with van der Waals surface area (Å²) in [5.74, 6) is 0.460. The van der Waals surface area contributed by atoms with Gasteiger partial charge in [-0.3, -0.25) is 9.36 Å². The third kappa shape index (κ3) is 1.58. The highest BCUT2D eigenvalue weighted by Gasteiger charge is 2.08. The molecule has 0 fully saturated rings. The van der Waals surface area contributed by atoms with E-state index in [1.54, 1.807) is 20.3 Å². The number of fused-ring (bicyclic) bond motifs is 1. The van der Waals surface area contributed by atoms with Crippen molar-refractivity contribution >= 4 is 33.0 Å². The predicted molar refractivity (Wildman–Crippen MR) is 59.8 cm³/mol. The maximum Gasteiger partial charge on any atom is 0.285 e. The summed E-state index contributed by atoms with van der Waals surface area (Å²) >= 11 is 3.09. The van der Waals surface area contributed by atoms with Crippen LogP contribution in [-0.4, -0.2) is 26.6 Å². The predicted octanol–water partition coefficient (Wildman–Crippen LogP) is 0.528. The first-order valence-electron chi connectivity index (χ1n) is 4.20.